The molecule has 1 aliphatic rings. The molecule has 120 valence electrons. The summed E-state index contributed by atoms with van der Waals surface area (Å²) in [6.45, 7) is 1.61. The van der Waals surface area contributed by atoms with Crippen LogP contribution in [0.4, 0.5) is 0 Å². The molecule has 2 atom stereocenters. The fourth-order valence-corrected chi connectivity index (χ4v) is 2.63. The number of methoxy groups -OCH3 is 1. The third-order valence-corrected chi connectivity index (χ3v) is 3.62. The van der Waals surface area contributed by atoms with Crippen LogP contribution in [-0.4, -0.2) is 46.5 Å². The van der Waals surface area contributed by atoms with Crippen molar-refractivity contribution < 1.29 is 19.3 Å². The molecule has 1 aliphatic heterocycles. The normalized spacial score (nSPS) is 20.6. The van der Waals surface area contributed by atoms with Gasteiger partial charge in [0.05, 0.1) is 0 Å². The molecule has 1 N–H and O–H groups in total. The maximum atomic E-state index is 10.2. The van der Waals surface area contributed by atoms with Crippen molar-refractivity contribution in [2.75, 3.05) is 20.3 Å². The summed E-state index contributed by atoms with van der Waals surface area (Å²) in [6.07, 6.45) is 3.75. The smallest absolute Gasteiger partial charge is 0.217 e. The van der Waals surface area contributed by atoms with E-state index in [1.165, 1.54) is 0 Å². The van der Waals surface area contributed by atoms with Gasteiger partial charge in [0.1, 0.15) is 12.8 Å². The van der Waals surface area contributed by atoms with Gasteiger partial charge in [-0.3, -0.25) is 0 Å². The molecule has 1 aromatic heterocycles. The van der Waals surface area contributed by atoms with Crippen LogP contribution in [0, 0.1) is 0 Å². The van der Waals surface area contributed by atoms with Crippen LogP contribution < -0.4 is 0 Å². The zero-order valence-corrected chi connectivity index (χ0v) is 13.8. The highest BCUT2D eigenvalue weighted by molar-refractivity contribution is 9.10. The summed E-state index contributed by atoms with van der Waals surface area (Å²) in [5.41, 5.74) is 0. The van der Waals surface area contributed by atoms with E-state index in [0.717, 1.165) is 32.3 Å². The van der Waals surface area contributed by atoms with Gasteiger partial charge in [-0.15, -0.1) is 5.10 Å². The van der Waals surface area contributed by atoms with Crippen molar-refractivity contribution >= 4 is 15.9 Å². The van der Waals surface area contributed by atoms with Gasteiger partial charge >= 0.3 is 0 Å². The van der Waals surface area contributed by atoms with Crippen LogP contribution in [0.25, 0.3) is 0 Å². The lowest BCUT2D eigenvalue weighted by Crippen LogP contribution is -2.22. The molecule has 21 heavy (non-hydrogen) atoms. The molecule has 8 heteroatoms. The van der Waals surface area contributed by atoms with Crippen LogP contribution >= 0.6 is 15.9 Å². The van der Waals surface area contributed by atoms with Crippen molar-refractivity contribution in [1.82, 2.24) is 14.8 Å². The van der Waals surface area contributed by atoms with Crippen molar-refractivity contribution in [2.45, 2.75) is 51.2 Å². The quantitative estimate of drug-likeness (QED) is 0.711. The number of ether oxygens (including phenoxy) is 3. The highest BCUT2D eigenvalue weighted by atomic mass is 79.9. The summed E-state index contributed by atoms with van der Waals surface area (Å²) in [5, 5.41) is 14.3. The zero-order valence-electron chi connectivity index (χ0n) is 12.2. The molecule has 1 fully saturated rings. The lowest BCUT2D eigenvalue weighted by atomic mass is 10.2. The van der Waals surface area contributed by atoms with Gasteiger partial charge in [0.2, 0.25) is 4.73 Å². The third-order valence-electron chi connectivity index (χ3n) is 3.29. The van der Waals surface area contributed by atoms with E-state index in [-0.39, 0.29) is 13.0 Å². The van der Waals surface area contributed by atoms with Crippen molar-refractivity contribution in [3.8, 4) is 0 Å². The van der Waals surface area contributed by atoms with Crippen LogP contribution in [-0.2, 0) is 20.9 Å². The third kappa shape index (κ3) is 5.30. The largest absolute Gasteiger partial charge is 0.385 e. The Morgan fingerprint density at radius 2 is 2.38 bits per heavy atom. The molecule has 2 rings (SSSR count). The van der Waals surface area contributed by atoms with Gasteiger partial charge in [-0.2, -0.15) is 0 Å². The number of aromatic nitrogens is 3. The van der Waals surface area contributed by atoms with Gasteiger partial charge in [0.25, 0.3) is 0 Å². The Balaban J connectivity index is 1.72. The Morgan fingerprint density at radius 3 is 3.10 bits per heavy atom. The van der Waals surface area contributed by atoms with E-state index < -0.39 is 6.10 Å². The van der Waals surface area contributed by atoms with Gasteiger partial charge < -0.3 is 19.3 Å². The predicted octanol–water partition coefficient (Wildman–Crippen LogP) is 2.00. The summed E-state index contributed by atoms with van der Waals surface area (Å²) >= 11 is 3.20. The van der Waals surface area contributed by atoms with Crippen molar-refractivity contribution in [3.63, 3.8) is 0 Å². The summed E-state index contributed by atoms with van der Waals surface area (Å²) < 4.78 is 18.1. The number of aliphatic hydroxyl groups is 1. The van der Waals surface area contributed by atoms with Crippen LogP contribution in [0.5, 0.6) is 0 Å². The van der Waals surface area contributed by atoms with Gasteiger partial charge in [0.15, 0.2) is 12.1 Å². The second-order valence-electron chi connectivity index (χ2n) is 4.98. The van der Waals surface area contributed by atoms with Crippen molar-refractivity contribution in [2.24, 2.45) is 0 Å². The number of hydrogen-bond acceptors (Lipinski definition) is 6. The highest BCUT2D eigenvalue weighted by Gasteiger charge is 2.18. The standard InChI is InChI=1S/C13H22BrN3O4/c1-19-9-17-12(15-13(14)16-17)10(18)5-4-8-21-11-6-2-3-7-20-11/h10-11,18H,2-9H2,1H3. The molecule has 1 saturated heterocycles. The fourth-order valence-electron chi connectivity index (χ4n) is 2.25. The number of hydrogen-bond donors (Lipinski definition) is 1. The predicted molar refractivity (Wildman–Crippen MR) is 78.5 cm³/mol. The lowest BCUT2D eigenvalue weighted by molar-refractivity contribution is -0.163. The maximum Gasteiger partial charge on any atom is 0.217 e. The Bertz CT molecular complexity index is 424. The molecule has 0 amide bonds. The summed E-state index contributed by atoms with van der Waals surface area (Å²) in [5.74, 6) is 0.498. The molecule has 0 aromatic carbocycles. The first kappa shape index (κ1) is 16.8. The SMILES string of the molecule is COCn1nc(Br)nc1C(O)CCCOC1CCCCO1. The topological polar surface area (TPSA) is 78.6 Å². The summed E-state index contributed by atoms with van der Waals surface area (Å²) in [4.78, 5) is 4.17. The van der Waals surface area contributed by atoms with E-state index in [0.29, 0.717) is 23.6 Å². The molecule has 2 heterocycles. The van der Waals surface area contributed by atoms with E-state index in [1.54, 1.807) is 11.8 Å². The molecule has 0 bridgehead atoms. The second kappa shape index (κ2) is 8.79. The Hall–Kier alpha value is -0.540. The van der Waals surface area contributed by atoms with Crippen LogP contribution in [0.1, 0.15) is 44.0 Å². The monoisotopic (exact) mass is 363 g/mol. The summed E-state index contributed by atoms with van der Waals surface area (Å²) in [7, 11) is 1.57. The average Bonchev–Trinajstić information content (AvgIpc) is 2.86. The average molecular weight is 364 g/mol. The van der Waals surface area contributed by atoms with Gasteiger partial charge in [-0.25, -0.2) is 9.67 Å². The molecule has 0 spiro atoms. The molecule has 2 unspecified atom stereocenters. The van der Waals surface area contributed by atoms with Gasteiger partial charge in [0, 0.05) is 20.3 Å². The minimum absolute atomic E-state index is 0.0813. The number of nitrogens with zero attached hydrogens (tertiary/aromatic N) is 3. The molecular weight excluding hydrogens is 342 g/mol. The Kier molecular flexibility index (Phi) is 7.05. The van der Waals surface area contributed by atoms with E-state index in [1.807, 2.05) is 0 Å². The van der Waals surface area contributed by atoms with E-state index >= 15 is 0 Å². The molecule has 1 aromatic rings. The minimum atomic E-state index is -0.685. The molecule has 0 radical (unpaired) electrons. The van der Waals surface area contributed by atoms with Crippen LogP contribution in [0.2, 0.25) is 0 Å². The first-order valence-electron chi connectivity index (χ1n) is 7.21. The Labute approximate surface area is 132 Å². The summed E-state index contributed by atoms with van der Waals surface area (Å²) in [6, 6.07) is 0. The Morgan fingerprint density at radius 1 is 1.52 bits per heavy atom. The first-order valence-corrected chi connectivity index (χ1v) is 8.00. The van der Waals surface area contributed by atoms with E-state index in [9.17, 15) is 5.11 Å². The maximum absolute atomic E-state index is 10.2. The minimum Gasteiger partial charge on any atom is -0.385 e. The molecular formula is C13H22BrN3O4. The van der Waals surface area contributed by atoms with Crippen molar-refractivity contribution in [1.29, 1.82) is 0 Å². The molecule has 0 saturated carbocycles. The van der Waals surface area contributed by atoms with Crippen molar-refractivity contribution in [3.05, 3.63) is 10.6 Å². The number of aliphatic hydroxyl groups excluding tert-OH is 1. The van der Waals surface area contributed by atoms with Gasteiger partial charge in [-0.1, -0.05) is 0 Å². The highest BCUT2D eigenvalue weighted by Crippen LogP contribution is 2.19. The fraction of sp³-hybridized carbons (Fsp3) is 0.846. The molecule has 7 nitrogen and oxygen atoms in total. The van der Waals surface area contributed by atoms with E-state index in [4.69, 9.17) is 14.2 Å². The van der Waals surface area contributed by atoms with E-state index in [2.05, 4.69) is 26.0 Å². The second-order valence-corrected chi connectivity index (χ2v) is 5.69. The van der Waals surface area contributed by atoms with Crippen LogP contribution in [0.3, 0.4) is 0 Å². The first-order chi connectivity index (χ1) is 10.2. The zero-order chi connectivity index (χ0) is 15.1. The van der Waals surface area contributed by atoms with Crippen LogP contribution in [0.15, 0.2) is 4.73 Å². The number of halogens is 1. The lowest BCUT2D eigenvalue weighted by Gasteiger charge is -2.22. The van der Waals surface area contributed by atoms with Gasteiger partial charge in [-0.05, 0) is 48.0 Å². The molecule has 0 aliphatic carbocycles. The number of rotatable bonds is 8.